The maximum atomic E-state index is 15.3. The first kappa shape index (κ1) is 25.7. The van der Waals surface area contributed by atoms with Gasteiger partial charge in [0.15, 0.2) is 0 Å². The van der Waals surface area contributed by atoms with Crippen molar-refractivity contribution in [3.05, 3.63) is 35.4 Å². The fourth-order valence-electron chi connectivity index (χ4n) is 2.97. The molecular formula is C22H34F2N2O4S. The zero-order valence-electron chi connectivity index (χ0n) is 19.3. The van der Waals surface area contributed by atoms with Crippen LogP contribution in [0.3, 0.4) is 0 Å². The summed E-state index contributed by atoms with van der Waals surface area (Å²) < 4.78 is 56.2. The average molecular weight is 461 g/mol. The number of halogens is 2. The SMILES string of the molecule is C[C@@H](N[S@](=O)C(C)(C)C)c1cccc(C(F)(F)C2CN(C(=O)OC(C)(C)C)CCO2)c1. The number of nitrogens with zero attached hydrogens (tertiary/aromatic N) is 1. The van der Waals surface area contributed by atoms with Crippen LogP contribution >= 0.6 is 0 Å². The summed E-state index contributed by atoms with van der Waals surface area (Å²) in [5.74, 6) is -3.32. The van der Waals surface area contributed by atoms with E-state index in [-0.39, 0.29) is 31.3 Å². The first-order valence-electron chi connectivity index (χ1n) is 10.4. The van der Waals surface area contributed by atoms with Crippen LogP contribution in [-0.2, 0) is 26.4 Å². The van der Waals surface area contributed by atoms with E-state index in [4.69, 9.17) is 9.47 Å². The summed E-state index contributed by atoms with van der Waals surface area (Å²) in [7, 11) is -1.34. The maximum Gasteiger partial charge on any atom is 0.410 e. The third-order valence-corrected chi connectivity index (χ3v) is 6.41. The third kappa shape index (κ3) is 6.95. The van der Waals surface area contributed by atoms with Gasteiger partial charge in [-0.15, -0.1) is 0 Å². The smallest absolute Gasteiger partial charge is 0.410 e. The summed E-state index contributed by atoms with van der Waals surface area (Å²) in [6.07, 6.45) is -2.12. The Balaban J connectivity index is 2.17. The van der Waals surface area contributed by atoms with Crippen LogP contribution in [0, 0.1) is 0 Å². The molecule has 1 heterocycles. The van der Waals surface area contributed by atoms with Crippen molar-refractivity contribution in [3.8, 4) is 0 Å². The molecule has 0 saturated carbocycles. The highest BCUT2D eigenvalue weighted by Gasteiger charge is 2.46. The van der Waals surface area contributed by atoms with Crippen LogP contribution in [0.5, 0.6) is 0 Å². The average Bonchev–Trinajstić information content (AvgIpc) is 2.66. The lowest BCUT2D eigenvalue weighted by Crippen LogP contribution is -2.52. The molecule has 1 aromatic carbocycles. The van der Waals surface area contributed by atoms with E-state index in [2.05, 4.69) is 4.72 Å². The van der Waals surface area contributed by atoms with E-state index in [0.717, 1.165) is 0 Å². The Bertz CT molecular complexity index is 805. The van der Waals surface area contributed by atoms with Gasteiger partial charge in [-0.25, -0.2) is 13.7 Å². The molecule has 0 aromatic heterocycles. The molecule has 1 amide bonds. The molecule has 1 saturated heterocycles. The first-order valence-corrected chi connectivity index (χ1v) is 11.5. The van der Waals surface area contributed by atoms with Crippen LogP contribution < -0.4 is 4.72 Å². The number of hydrogen-bond acceptors (Lipinski definition) is 4. The molecule has 31 heavy (non-hydrogen) atoms. The second kappa shape index (κ2) is 9.50. The molecule has 1 fully saturated rings. The van der Waals surface area contributed by atoms with Crippen LogP contribution in [0.15, 0.2) is 24.3 Å². The molecule has 0 aliphatic carbocycles. The molecular weight excluding hydrogens is 426 g/mol. The minimum absolute atomic E-state index is 0.00170. The van der Waals surface area contributed by atoms with Gasteiger partial charge < -0.3 is 14.4 Å². The van der Waals surface area contributed by atoms with Crippen LogP contribution in [-0.4, -0.2) is 51.4 Å². The maximum absolute atomic E-state index is 15.3. The highest BCUT2D eigenvalue weighted by Crippen LogP contribution is 2.36. The number of nitrogens with one attached hydrogen (secondary N) is 1. The van der Waals surface area contributed by atoms with E-state index in [0.29, 0.717) is 5.56 Å². The molecule has 1 unspecified atom stereocenters. The molecule has 1 aromatic rings. The molecule has 2 rings (SSSR count). The lowest BCUT2D eigenvalue weighted by molar-refractivity contribution is -0.170. The number of carbonyl (C=O) groups excluding carboxylic acids is 1. The van der Waals surface area contributed by atoms with Gasteiger partial charge in [0, 0.05) is 18.2 Å². The van der Waals surface area contributed by atoms with Gasteiger partial charge in [0.2, 0.25) is 0 Å². The van der Waals surface area contributed by atoms with E-state index in [1.165, 1.54) is 17.0 Å². The largest absolute Gasteiger partial charge is 0.444 e. The van der Waals surface area contributed by atoms with Crippen LogP contribution in [0.25, 0.3) is 0 Å². The van der Waals surface area contributed by atoms with Gasteiger partial charge in [0.05, 0.1) is 28.9 Å². The van der Waals surface area contributed by atoms with Crippen molar-refractivity contribution in [1.29, 1.82) is 0 Å². The number of benzene rings is 1. The van der Waals surface area contributed by atoms with E-state index >= 15 is 8.78 Å². The van der Waals surface area contributed by atoms with Crippen LogP contribution in [0.2, 0.25) is 0 Å². The number of morpholine rings is 1. The highest BCUT2D eigenvalue weighted by atomic mass is 32.2. The Morgan fingerprint density at radius 3 is 2.48 bits per heavy atom. The quantitative estimate of drug-likeness (QED) is 0.701. The zero-order valence-corrected chi connectivity index (χ0v) is 20.1. The standard InChI is InChI=1S/C22H34F2N2O4S/c1-15(25-31(28)21(5,6)7)16-9-8-10-17(13-16)22(23,24)18-14-26(11-12-29-18)19(27)30-20(2,3)4/h8-10,13,15,18,25H,11-12,14H2,1-7H3/t15-,18?,31-/m1/s1. The summed E-state index contributed by atoms with van der Waals surface area (Å²) >= 11 is 0. The van der Waals surface area contributed by atoms with E-state index in [1.54, 1.807) is 39.8 Å². The normalized spacial score (nSPS) is 20.3. The monoisotopic (exact) mass is 460 g/mol. The molecule has 1 N–H and O–H groups in total. The zero-order chi connectivity index (χ0) is 23.6. The van der Waals surface area contributed by atoms with Crippen molar-refractivity contribution in [3.63, 3.8) is 0 Å². The predicted molar refractivity (Wildman–Crippen MR) is 117 cm³/mol. The predicted octanol–water partition coefficient (Wildman–Crippen LogP) is 4.53. The van der Waals surface area contributed by atoms with E-state index in [9.17, 15) is 9.00 Å². The van der Waals surface area contributed by atoms with Crippen molar-refractivity contribution in [2.75, 3.05) is 19.7 Å². The van der Waals surface area contributed by atoms with E-state index < -0.39 is 39.5 Å². The molecule has 0 spiro atoms. The summed E-state index contributed by atoms with van der Waals surface area (Å²) in [5.41, 5.74) is -0.330. The lowest BCUT2D eigenvalue weighted by atomic mass is 9.98. The van der Waals surface area contributed by atoms with Gasteiger partial charge in [-0.3, -0.25) is 0 Å². The van der Waals surface area contributed by atoms with Crippen LogP contribution in [0.1, 0.15) is 65.6 Å². The highest BCUT2D eigenvalue weighted by molar-refractivity contribution is 7.84. The Hall–Kier alpha value is -1.58. The number of carbonyl (C=O) groups is 1. The lowest BCUT2D eigenvalue weighted by Gasteiger charge is -2.37. The van der Waals surface area contributed by atoms with Crippen LogP contribution in [0.4, 0.5) is 13.6 Å². The summed E-state index contributed by atoms with van der Waals surface area (Å²) in [4.78, 5) is 13.6. The van der Waals surface area contributed by atoms with Gasteiger partial charge in [0.25, 0.3) is 0 Å². The molecule has 0 radical (unpaired) electrons. The van der Waals surface area contributed by atoms with Gasteiger partial charge >= 0.3 is 12.0 Å². The Morgan fingerprint density at radius 1 is 1.26 bits per heavy atom. The fourth-order valence-corrected chi connectivity index (χ4v) is 3.78. The number of ether oxygens (including phenoxy) is 2. The Kier molecular flexibility index (Phi) is 7.87. The van der Waals surface area contributed by atoms with Gasteiger partial charge in [-0.05, 0) is 60.1 Å². The number of amides is 1. The second-order valence-electron chi connectivity index (χ2n) is 9.75. The van der Waals surface area contributed by atoms with Crippen molar-refractivity contribution in [1.82, 2.24) is 9.62 Å². The number of alkyl halides is 2. The summed E-state index contributed by atoms with van der Waals surface area (Å²) in [6.45, 7) is 12.4. The number of hydrogen-bond donors (Lipinski definition) is 1. The minimum Gasteiger partial charge on any atom is -0.444 e. The molecule has 176 valence electrons. The van der Waals surface area contributed by atoms with Gasteiger partial charge in [-0.1, -0.05) is 18.2 Å². The van der Waals surface area contributed by atoms with Crippen molar-refractivity contribution in [2.45, 2.75) is 76.9 Å². The molecule has 0 bridgehead atoms. The minimum atomic E-state index is -3.32. The van der Waals surface area contributed by atoms with Crippen molar-refractivity contribution < 1.29 is 27.3 Å². The van der Waals surface area contributed by atoms with E-state index in [1.807, 2.05) is 20.8 Å². The first-order chi connectivity index (χ1) is 14.1. The molecule has 6 nitrogen and oxygen atoms in total. The number of rotatable bonds is 5. The summed E-state index contributed by atoms with van der Waals surface area (Å²) in [6, 6.07) is 5.61. The Morgan fingerprint density at radius 2 is 1.90 bits per heavy atom. The summed E-state index contributed by atoms with van der Waals surface area (Å²) in [5, 5.41) is 0. The molecule has 3 atom stereocenters. The Labute approximate surface area is 186 Å². The molecule has 1 aliphatic rings. The van der Waals surface area contributed by atoms with Gasteiger partial charge in [-0.2, -0.15) is 8.78 Å². The topological polar surface area (TPSA) is 67.9 Å². The second-order valence-corrected chi connectivity index (χ2v) is 11.8. The third-order valence-electron chi connectivity index (χ3n) is 4.73. The van der Waals surface area contributed by atoms with Crippen molar-refractivity contribution in [2.24, 2.45) is 0 Å². The van der Waals surface area contributed by atoms with Crippen molar-refractivity contribution >= 4 is 17.1 Å². The molecule has 9 heteroatoms. The fraction of sp³-hybridized carbons (Fsp3) is 0.682. The van der Waals surface area contributed by atoms with Gasteiger partial charge in [0.1, 0.15) is 11.7 Å². The molecule has 1 aliphatic heterocycles.